The Morgan fingerprint density at radius 2 is 2.11 bits per heavy atom. The van der Waals surface area contributed by atoms with E-state index in [1.807, 2.05) is 12.1 Å². The lowest BCUT2D eigenvalue weighted by Crippen LogP contribution is -2.48. The van der Waals surface area contributed by atoms with Crippen LogP contribution in [0.25, 0.3) is 0 Å². The van der Waals surface area contributed by atoms with Crippen LogP contribution in [0, 0.1) is 0 Å². The summed E-state index contributed by atoms with van der Waals surface area (Å²) in [5.41, 5.74) is 1.29. The van der Waals surface area contributed by atoms with Gasteiger partial charge in [0.05, 0.1) is 19.8 Å². The maximum Gasteiger partial charge on any atom is 0.118 e. The molecular weight excluding hydrogens is 250 g/mol. The zero-order chi connectivity index (χ0) is 13.0. The molecule has 0 radical (unpaired) electrons. The summed E-state index contributed by atoms with van der Waals surface area (Å²) >= 11 is 5.87. The third-order valence-corrected chi connectivity index (χ3v) is 3.70. The molecule has 2 atom stereocenters. The molecular formula is C14H20ClNO2. The van der Waals surface area contributed by atoms with Crippen molar-refractivity contribution in [3.05, 3.63) is 29.8 Å². The summed E-state index contributed by atoms with van der Waals surface area (Å²) in [4.78, 5) is 2.42. The fourth-order valence-corrected chi connectivity index (χ4v) is 2.34. The second-order valence-electron chi connectivity index (χ2n) is 4.74. The first-order valence-corrected chi connectivity index (χ1v) is 6.81. The summed E-state index contributed by atoms with van der Waals surface area (Å²) in [6.45, 7) is 4.78. The number of hydrogen-bond acceptors (Lipinski definition) is 3. The standard InChI is InChI=1S/C14H20ClNO2/c1-11-10-18-14(7-15)9-16(11)8-12-3-5-13(17-2)6-4-12/h3-6,11,14H,7-10H2,1-2H3. The van der Waals surface area contributed by atoms with Gasteiger partial charge in [0.15, 0.2) is 0 Å². The summed E-state index contributed by atoms with van der Waals surface area (Å²) < 4.78 is 10.8. The Kier molecular flexibility index (Phi) is 4.87. The smallest absolute Gasteiger partial charge is 0.118 e. The van der Waals surface area contributed by atoms with Gasteiger partial charge in [-0.25, -0.2) is 0 Å². The van der Waals surface area contributed by atoms with Gasteiger partial charge in [0, 0.05) is 25.0 Å². The van der Waals surface area contributed by atoms with Gasteiger partial charge >= 0.3 is 0 Å². The molecule has 0 spiro atoms. The molecule has 1 aromatic carbocycles. The number of hydrogen-bond donors (Lipinski definition) is 0. The predicted molar refractivity (Wildman–Crippen MR) is 73.3 cm³/mol. The fourth-order valence-electron chi connectivity index (χ4n) is 2.15. The van der Waals surface area contributed by atoms with Crippen LogP contribution in [0.3, 0.4) is 0 Å². The zero-order valence-corrected chi connectivity index (χ0v) is 11.7. The lowest BCUT2D eigenvalue weighted by atomic mass is 10.1. The Hall–Kier alpha value is -0.770. The van der Waals surface area contributed by atoms with Crippen LogP contribution in [0.4, 0.5) is 0 Å². The van der Waals surface area contributed by atoms with Crippen LogP contribution in [0.5, 0.6) is 5.75 Å². The van der Waals surface area contributed by atoms with Crippen LogP contribution in [-0.4, -0.2) is 43.2 Å². The monoisotopic (exact) mass is 269 g/mol. The van der Waals surface area contributed by atoms with Gasteiger partial charge in [0.1, 0.15) is 5.75 Å². The van der Waals surface area contributed by atoms with E-state index in [1.165, 1.54) is 5.56 Å². The van der Waals surface area contributed by atoms with Crippen LogP contribution in [-0.2, 0) is 11.3 Å². The van der Waals surface area contributed by atoms with Gasteiger partial charge in [-0.2, -0.15) is 0 Å². The Morgan fingerprint density at radius 3 is 2.72 bits per heavy atom. The molecule has 2 rings (SSSR count). The Balaban J connectivity index is 1.97. The van der Waals surface area contributed by atoms with Crippen molar-refractivity contribution in [1.29, 1.82) is 0 Å². The minimum atomic E-state index is 0.154. The number of methoxy groups -OCH3 is 1. The SMILES string of the molecule is COc1ccc(CN2CC(CCl)OCC2C)cc1. The maximum atomic E-state index is 5.87. The van der Waals surface area contributed by atoms with E-state index in [-0.39, 0.29) is 6.10 Å². The fraction of sp³-hybridized carbons (Fsp3) is 0.571. The quantitative estimate of drug-likeness (QED) is 0.784. The van der Waals surface area contributed by atoms with E-state index in [2.05, 4.69) is 24.0 Å². The summed E-state index contributed by atoms with van der Waals surface area (Å²) in [5.74, 6) is 1.46. The number of ether oxygens (including phenoxy) is 2. The molecule has 1 aliphatic rings. The molecule has 1 heterocycles. The Labute approximate surface area is 114 Å². The summed E-state index contributed by atoms with van der Waals surface area (Å²) in [6, 6.07) is 8.65. The van der Waals surface area contributed by atoms with Gasteiger partial charge in [0.25, 0.3) is 0 Å². The van der Waals surface area contributed by atoms with Gasteiger partial charge in [0.2, 0.25) is 0 Å². The lowest BCUT2D eigenvalue weighted by molar-refractivity contribution is -0.0510. The highest BCUT2D eigenvalue weighted by molar-refractivity contribution is 6.18. The van der Waals surface area contributed by atoms with Crippen molar-refractivity contribution in [1.82, 2.24) is 4.90 Å². The zero-order valence-electron chi connectivity index (χ0n) is 10.9. The Bertz CT molecular complexity index is 369. The molecule has 100 valence electrons. The first kappa shape index (κ1) is 13.7. The van der Waals surface area contributed by atoms with Crippen molar-refractivity contribution in [3.8, 4) is 5.75 Å². The van der Waals surface area contributed by atoms with Crippen molar-refractivity contribution in [3.63, 3.8) is 0 Å². The highest BCUT2D eigenvalue weighted by atomic mass is 35.5. The third-order valence-electron chi connectivity index (χ3n) is 3.35. The van der Waals surface area contributed by atoms with E-state index in [0.717, 1.165) is 25.4 Å². The van der Waals surface area contributed by atoms with Crippen molar-refractivity contribution >= 4 is 11.6 Å². The second-order valence-corrected chi connectivity index (χ2v) is 5.04. The van der Waals surface area contributed by atoms with Crippen molar-refractivity contribution < 1.29 is 9.47 Å². The van der Waals surface area contributed by atoms with Crippen LogP contribution in [0.1, 0.15) is 12.5 Å². The second kappa shape index (κ2) is 6.41. The van der Waals surface area contributed by atoms with Crippen LogP contribution >= 0.6 is 11.6 Å². The first-order chi connectivity index (χ1) is 8.72. The first-order valence-electron chi connectivity index (χ1n) is 6.27. The van der Waals surface area contributed by atoms with Gasteiger partial charge in [-0.1, -0.05) is 12.1 Å². The highest BCUT2D eigenvalue weighted by Gasteiger charge is 2.25. The van der Waals surface area contributed by atoms with E-state index < -0.39 is 0 Å². The number of halogens is 1. The van der Waals surface area contributed by atoms with Crippen molar-refractivity contribution in [2.24, 2.45) is 0 Å². The van der Waals surface area contributed by atoms with Crippen molar-refractivity contribution in [2.45, 2.75) is 25.6 Å². The number of alkyl halides is 1. The van der Waals surface area contributed by atoms with E-state index in [1.54, 1.807) is 7.11 Å². The minimum Gasteiger partial charge on any atom is -0.497 e. The van der Waals surface area contributed by atoms with Crippen LogP contribution in [0.2, 0.25) is 0 Å². The molecule has 0 bridgehead atoms. The Morgan fingerprint density at radius 1 is 1.39 bits per heavy atom. The lowest BCUT2D eigenvalue weighted by Gasteiger charge is -2.37. The highest BCUT2D eigenvalue weighted by Crippen LogP contribution is 2.18. The molecule has 0 amide bonds. The van der Waals surface area contributed by atoms with E-state index in [0.29, 0.717) is 11.9 Å². The molecule has 0 aromatic heterocycles. The molecule has 0 N–H and O–H groups in total. The largest absolute Gasteiger partial charge is 0.497 e. The summed E-state index contributed by atoms with van der Waals surface area (Å²) in [6.07, 6.45) is 0.154. The van der Waals surface area contributed by atoms with Gasteiger partial charge in [-0.15, -0.1) is 11.6 Å². The molecule has 18 heavy (non-hydrogen) atoms. The van der Waals surface area contributed by atoms with Crippen LogP contribution < -0.4 is 4.74 Å². The maximum absolute atomic E-state index is 5.87. The molecule has 1 aromatic rings. The number of rotatable bonds is 4. The molecule has 3 nitrogen and oxygen atoms in total. The van der Waals surface area contributed by atoms with Crippen LogP contribution in [0.15, 0.2) is 24.3 Å². The average molecular weight is 270 g/mol. The molecule has 0 saturated carbocycles. The number of morpholine rings is 1. The molecule has 1 fully saturated rings. The average Bonchev–Trinajstić information content (AvgIpc) is 2.42. The number of nitrogens with zero attached hydrogens (tertiary/aromatic N) is 1. The summed E-state index contributed by atoms with van der Waals surface area (Å²) in [5, 5.41) is 0. The molecule has 1 saturated heterocycles. The molecule has 0 aliphatic carbocycles. The summed E-state index contributed by atoms with van der Waals surface area (Å²) in [7, 11) is 1.68. The molecule has 2 unspecified atom stereocenters. The minimum absolute atomic E-state index is 0.154. The van der Waals surface area contributed by atoms with Gasteiger partial charge in [-0.3, -0.25) is 4.90 Å². The van der Waals surface area contributed by atoms with E-state index in [4.69, 9.17) is 21.1 Å². The topological polar surface area (TPSA) is 21.7 Å². The van der Waals surface area contributed by atoms with E-state index in [9.17, 15) is 0 Å². The van der Waals surface area contributed by atoms with Gasteiger partial charge < -0.3 is 9.47 Å². The molecule has 1 aliphatic heterocycles. The predicted octanol–water partition coefficient (Wildman–Crippen LogP) is 2.52. The van der Waals surface area contributed by atoms with E-state index >= 15 is 0 Å². The third kappa shape index (κ3) is 3.37. The van der Waals surface area contributed by atoms with Crippen molar-refractivity contribution in [2.75, 3.05) is 26.1 Å². The van der Waals surface area contributed by atoms with Gasteiger partial charge in [-0.05, 0) is 24.6 Å². The molecule has 4 heteroatoms. The normalized spacial score (nSPS) is 25.1. The number of benzene rings is 1.